The molecule has 0 unspecified atom stereocenters. The summed E-state index contributed by atoms with van der Waals surface area (Å²) in [5, 5.41) is 0.0483. The molecule has 2 aromatic rings. The Kier molecular flexibility index (Phi) is 5.61. The zero-order valence-corrected chi connectivity index (χ0v) is 18.7. The van der Waals surface area contributed by atoms with Crippen LogP contribution in [0, 0.1) is 12.8 Å². The predicted molar refractivity (Wildman–Crippen MR) is 113 cm³/mol. The second-order valence-corrected chi connectivity index (χ2v) is 9.88. The fraction of sp³-hybridized carbons (Fsp3) is 0.476. The van der Waals surface area contributed by atoms with Gasteiger partial charge in [0.1, 0.15) is 5.82 Å². The van der Waals surface area contributed by atoms with E-state index in [9.17, 15) is 18.0 Å². The molecule has 0 atom stereocenters. The number of anilines is 1. The van der Waals surface area contributed by atoms with Crippen molar-refractivity contribution in [2.45, 2.75) is 31.2 Å². The van der Waals surface area contributed by atoms with Crippen LogP contribution in [0.25, 0.3) is 0 Å². The van der Waals surface area contributed by atoms with Gasteiger partial charge in [0.2, 0.25) is 5.91 Å². The SMILES string of the molecule is COC(=O)c1ccc2c(c1)CCN2C(=O)C1CCN(S(=O)(=O)c2cn(C)c(C)n2)CC1. The molecule has 3 heterocycles. The minimum absolute atomic E-state index is 0.00953. The van der Waals surface area contributed by atoms with Crippen LogP contribution in [0.5, 0.6) is 0 Å². The van der Waals surface area contributed by atoms with Gasteiger partial charge in [-0.25, -0.2) is 18.2 Å². The van der Waals surface area contributed by atoms with Crippen LogP contribution in [-0.2, 0) is 33.0 Å². The van der Waals surface area contributed by atoms with Crippen molar-refractivity contribution in [2.75, 3.05) is 31.6 Å². The van der Waals surface area contributed by atoms with Crippen molar-refractivity contribution in [2.24, 2.45) is 13.0 Å². The third-order valence-corrected chi connectivity index (χ3v) is 7.93. The minimum Gasteiger partial charge on any atom is -0.465 e. The molecule has 166 valence electrons. The Morgan fingerprint density at radius 1 is 1.16 bits per heavy atom. The van der Waals surface area contributed by atoms with E-state index in [-0.39, 0.29) is 29.9 Å². The van der Waals surface area contributed by atoms with Gasteiger partial charge in [-0.15, -0.1) is 0 Å². The van der Waals surface area contributed by atoms with Gasteiger partial charge in [0.15, 0.2) is 5.03 Å². The molecule has 0 radical (unpaired) electrons. The monoisotopic (exact) mass is 446 g/mol. The number of esters is 1. The number of carbonyl (C=O) groups is 2. The fourth-order valence-electron chi connectivity index (χ4n) is 4.22. The highest BCUT2D eigenvalue weighted by atomic mass is 32.2. The Morgan fingerprint density at radius 3 is 2.48 bits per heavy atom. The van der Waals surface area contributed by atoms with E-state index in [1.165, 1.54) is 17.6 Å². The number of piperidine rings is 1. The number of amides is 1. The number of rotatable bonds is 4. The summed E-state index contributed by atoms with van der Waals surface area (Å²) in [5.41, 5.74) is 2.23. The molecule has 31 heavy (non-hydrogen) atoms. The van der Waals surface area contributed by atoms with Crippen molar-refractivity contribution < 1.29 is 22.7 Å². The maximum absolute atomic E-state index is 13.2. The van der Waals surface area contributed by atoms with Crippen molar-refractivity contribution in [1.82, 2.24) is 13.9 Å². The summed E-state index contributed by atoms with van der Waals surface area (Å²) in [7, 11) is -0.565. The van der Waals surface area contributed by atoms with Crippen molar-refractivity contribution in [3.8, 4) is 0 Å². The standard InChI is InChI=1S/C21H26N4O5S/c1-14-22-19(13-23(14)2)31(28,29)24-9-6-15(7-10-24)20(26)25-11-8-16-12-17(21(27)30-3)4-5-18(16)25/h4-5,12-13,15H,6-11H2,1-3H3. The van der Waals surface area contributed by atoms with E-state index in [0.29, 0.717) is 37.2 Å². The molecule has 0 N–H and O–H groups in total. The van der Waals surface area contributed by atoms with E-state index in [2.05, 4.69) is 4.98 Å². The summed E-state index contributed by atoms with van der Waals surface area (Å²) in [4.78, 5) is 30.8. The highest BCUT2D eigenvalue weighted by molar-refractivity contribution is 7.89. The third kappa shape index (κ3) is 3.85. The fourth-order valence-corrected chi connectivity index (χ4v) is 5.72. The number of fused-ring (bicyclic) bond motifs is 1. The summed E-state index contributed by atoms with van der Waals surface area (Å²) < 4.78 is 33.6. The lowest BCUT2D eigenvalue weighted by Crippen LogP contribution is -2.44. The van der Waals surface area contributed by atoms with E-state index in [4.69, 9.17) is 4.74 Å². The van der Waals surface area contributed by atoms with Gasteiger partial charge in [0.25, 0.3) is 10.0 Å². The number of hydrogen-bond donors (Lipinski definition) is 0. The average Bonchev–Trinajstić information content (AvgIpc) is 3.35. The number of aryl methyl sites for hydroxylation is 2. The molecule has 4 rings (SSSR count). The maximum atomic E-state index is 13.2. The third-order valence-electron chi connectivity index (χ3n) is 6.16. The lowest BCUT2D eigenvalue weighted by atomic mass is 9.96. The number of ether oxygens (including phenoxy) is 1. The summed E-state index contributed by atoms with van der Waals surface area (Å²) >= 11 is 0. The molecule has 1 aromatic heterocycles. The van der Waals surface area contributed by atoms with Crippen molar-refractivity contribution in [1.29, 1.82) is 0 Å². The number of benzene rings is 1. The van der Waals surface area contributed by atoms with Crippen LogP contribution in [-0.4, -0.2) is 60.9 Å². The van der Waals surface area contributed by atoms with E-state index in [0.717, 1.165) is 11.3 Å². The molecule has 1 fully saturated rings. The van der Waals surface area contributed by atoms with Crippen LogP contribution >= 0.6 is 0 Å². The van der Waals surface area contributed by atoms with Gasteiger partial charge in [-0.05, 0) is 49.9 Å². The molecule has 0 saturated carbocycles. The zero-order valence-electron chi connectivity index (χ0n) is 17.9. The molecule has 0 bridgehead atoms. The summed E-state index contributed by atoms with van der Waals surface area (Å²) in [6.45, 7) is 2.89. The van der Waals surface area contributed by atoms with Crippen LogP contribution in [0.15, 0.2) is 29.4 Å². The molecule has 2 aliphatic rings. The highest BCUT2D eigenvalue weighted by Crippen LogP contribution is 2.33. The van der Waals surface area contributed by atoms with E-state index >= 15 is 0 Å². The number of methoxy groups -OCH3 is 1. The smallest absolute Gasteiger partial charge is 0.337 e. The van der Waals surface area contributed by atoms with E-state index < -0.39 is 16.0 Å². The highest BCUT2D eigenvalue weighted by Gasteiger charge is 2.36. The Labute approximate surface area is 181 Å². The number of nitrogens with zero attached hydrogens (tertiary/aromatic N) is 4. The van der Waals surface area contributed by atoms with Gasteiger partial charge >= 0.3 is 5.97 Å². The van der Waals surface area contributed by atoms with Crippen LogP contribution < -0.4 is 4.90 Å². The van der Waals surface area contributed by atoms with Gasteiger partial charge in [-0.1, -0.05) is 0 Å². The van der Waals surface area contributed by atoms with Crippen molar-refractivity contribution >= 4 is 27.6 Å². The van der Waals surface area contributed by atoms with Crippen LogP contribution in [0.1, 0.15) is 34.6 Å². The number of hydrogen-bond acceptors (Lipinski definition) is 6. The number of imidazole rings is 1. The average molecular weight is 447 g/mol. The first kappa shape index (κ1) is 21.5. The first-order chi connectivity index (χ1) is 14.7. The number of aromatic nitrogens is 2. The molecule has 1 amide bonds. The Bertz CT molecular complexity index is 1110. The quantitative estimate of drug-likeness (QED) is 0.660. The minimum atomic E-state index is -3.66. The molecular formula is C21H26N4O5S. The Balaban J connectivity index is 1.43. The number of carbonyl (C=O) groups excluding carboxylic acids is 2. The van der Waals surface area contributed by atoms with Crippen molar-refractivity contribution in [3.63, 3.8) is 0 Å². The second kappa shape index (κ2) is 8.08. The topological polar surface area (TPSA) is 102 Å². The zero-order chi connectivity index (χ0) is 22.3. The van der Waals surface area contributed by atoms with Crippen LogP contribution in [0.3, 0.4) is 0 Å². The molecule has 0 spiro atoms. The maximum Gasteiger partial charge on any atom is 0.337 e. The summed E-state index contributed by atoms with van der Waals surface area (Å²) in [5.74, 6) is 0.00870. The summed E-state index contributed by atoms with van der Waals surface area (Å²) in [6, 6.07) is 5.23. The van der Waals surface area contributed by atoms with Gasteiger partial charge in [0, 0.05) is 44.5 Å². The van der Waals surface area contributed by atoms with Crippen LogP contribution in [0.2, 0.25) is 0 Å². The Hall–Kier alpha value is -2.72. The molecular weight excluding hydrogens is 420 g/mol. The van der Waals surface area contributed by atoms with Gasteiger partial charge in [-0.2, -0.15) is 4.31 Å². The Morgan fingerprint density at radius 2 is 1.87 bits per heavy atom. The molecule has 10 heteroatoms. The molecule has 9 nitrogen and oxygen atoms in total. The van der Waals surface area contributed by atoms with Gasteiger partial charge < -0.3 is 14.2 Å². The summed E-state index contributed by atoms with van der Waals surface area (Å²) in [6.07, 6.45) is 3.13. The molecule has 2 aliphatic heterocycles. The van der Waals surface area contributed by atoms with Crippen LogP contribution in [0.4, 0.5) is 5.69 Å². The van der Waals surface area contributed by atoms with Gasteiger partial charge in [0.05, 0.1) is 12.7 Å². The lowest BCUT2D eigenvalue weighted by Gasteiger charge is -2.32. The number of sulfonamides is 1. The molecule has 1 saturated heterocycles. The molecule has 1 aromatic carbocycles. The van der Waals surface area contributed by atoms with Crippen molar-refractivity contribution in [3.05, 3.63) is 41.3 Å². The van der Waals surface area contributed by atoms with E-state index in [1.807, 2.05) is 0 Å². The normalized spacial score (nSPS) is 17.6. The van der Waals surface area contributed by atoms with Gasteiger partial charge in [-0.3, -0.25) is 4.79 Å². The second-order valence-electron chi connectivity index (χ2n) is 7.99. The lowest BCUT2D eigenvalue weighted by molar-refractivity contribution is -0.123. The molecule has 0 aliphatic carbocycles. The predicted octanol–water partition coefficient (Wildman–Crippen LogP) is 1.51. The first-order valence-electron chi connectivity index (χ1n) is 10.2. The van der Waals surface area contributed by atoms with E-state index in [1.54, 1.807) is 41.6 Å². The first-order valence-corrected chi connectivity index (χ1v) is 11.7. The largest absolute Gasteiger partial charge is 0.465 e.